The topological polar surface area (TPSA) is 63.6 Å². The zero-order valence-electron chi connectivity index (χ0n) is 10.6. The van der Waals surface area contributed by atoms with Crippen LogP contribution >= 0.6 is 23.1 Å². The van der Waals surface area contributed by atoms with E-state index >= 15 is 0 Å². The molecular formula is C11H15N5S2. The van der Waals surface area contributed by atoms with Crippen LogP contribution in [0.3, 0.4) is 0 Å². The van der Waals surface area contributed by atoms with Crippen molar-refractivity contribution >= 4 is 29.0 Å². The van der Waals surface area contributed by atoms with Gasteiger partial charge < -0.3 is 5.32 Å². The van der Waals surface area contributed by atoms with Crippen molar-refractivity contribution in [1.82, 2.24) is 20.2 Å². The third-order valence-corrected chi connectivity index (χ3v) is 3.87. The molecule has 0 aromatic carbocycles. The van der Waals surface area contributed by atoms with E-state index in [1.807, 2.05) is 19.9 Å². The standard InChI is InChI=1S/C11H15N5S2/c1-4-5-12-10-13-7(2)6-9(14-10)18-11-16-15-8(3)17-11/h6H,4-5H2,1-3H3,(H,12,13,14). The minimum Gasteiger partial charge on any atom is -0.354 e. The number of aromatic nitrogens is 4. The van der Waals surface area contributed by atoms with Gasteiger partial charge in [-0.2, -0.15) is 0 Å². The van der Waals surface area contributed by atoms with Crippen LogP contribution in [0.15, 0.2) is 15.4 Å². The molecule has 7 heteroatoms. The van der Waals surface area contributed by atoms with Gasteiger partial charge in [0.2, 0.25) is 5.95 Å². The molecule has 18 heavy (non-hydrogen) atoms. The lowest BCUT2D eigenvalue weighted by Crippen LogP contribution is -2.05. The van der Waals surface area contributed by atoms with E-state index in [1.54, 1.807) is 11.3 Å². The Balaban J connectivity index is 2.14. The quantitative estimate of drug-likeness (QED) is 0.850. The average Bonchev–Trinajstić information content (AvgIpc) is 2.71. The van der Waals surface area contributed by atoms with E-state index in [4.69, 9.17) is 0 Å². The highest BCUT2D eigenvalue weighted by atomic mass is 32.2. The van der Waals surface area contributed by atoms with Crippen molar-refractivity contribution in [2.24, 2.45) is 0 Å². The Hall–Kier alpha value is -1.21. The van der Waals surface area contributed by atoms with Crippen LogP contribution in [0.5, 0.6) is 0 Å². The summed E-state index contributed by atoms with van der Waals surface area (Å²) in [6.45, 7) is 6.91. The highest BCUT2D eigenvalue weighted by Gasteiger charge is 2.07. The molecule has 1 N–H and O–H groups in total. The number of nitrogens with zero attached hydrogens (tertiary/aromatic N) is 4. The molecular weight excluding hydrogens is 266 g/mol. The summed E-state index contributed by atoms with van der Waals surface area (Å²) < 4.78 is 0.909. The predicted octanol–water partition coefficient (Wildman–Crippen LogP) is 2.92. The van der Waals surface area contributed by atoms with Crippen molar-refractivity contribution in [2.45, 2.75) is 36.6 Å². The Morgan fingerprint density at radius 1 is 1.28 bits per heavy atom. The lowest BCUT2D eigenvalue weighted by atomic mass is 10.4. The fourth-order valence-electron chi connectivity index (χ4n) is 1.32. The predicted molar refractivity (Wildman–Crippen MR) is 74.3 cm³/mol. The number of hydrogen-bond donors (Lipinski definition) is 1. The maximum absolute atomic E-state index is 4.46. The molecule has 2 heterocycles. The zero-order valence-corrected chi connectivity index (χ0v) is 12.2. The van der Waals surface area contributed by atoms with Crippen molar-refractivity contribution in [2.75, 3.05) is 11.9 Å². The van der Waals surface area contributed by atoms with Crippen LogP contribution in [-0.4, -0.2) is 26.7 Å². The molecule has 96 valence electrons. The maximum Gasteiger partial charge on any atom is 0.223 e. The molecule has 0 unspecified atom stereocenters. The zero-order chi connectivity index (χ0) is 13.0. The summed E-state index contributed by atoms with van der Waals surface area (Å²) in [4.78, 5) is 8.81. The largest absolute Gasteiger partial charge is 0.354 e. The van der Waals surface area contributed by atoms with E-state index in [2.05, 4.69) is 32.4 Å². The molecule has 0 amide bonds. The summed E-state index contributed by atoms with van der Waals surface area (Å²) in [7, 11) is 0. The molecule has 0 saturated heterocycles. The van der Waals surface area contributed by atoms with Crippen LogP contribution in [0.1, 0.15) is 24.0 Å². The molecule has 0 aliphatic carbocycles. The molecule has 0 spiro atoms. The molecule has 5 nitrogen and oxygen atoms in total. The molecule has 0 atom stereocenters. The second-order valence-corrected chi connectivity index (χ2v) is 6.24. The summed E-state index contributed by atoms with van der Waals surface area (Å²) >= 11 is 3.10. The van der Waals surface area contributed by atoms with E-state index in [0.717, 1.165) is 33.0 Å². The summed E-state index contributed by atoms with van der Waals surface area (Å²) in [5.41, 5.74) is 0.951. The lowest BCUT2D eigenvalue weighted by Gasteiger charge is -2.05. The molecule has 0 bridgehead atoms. The second-order valence-electron chi connectivity index (χ2n) is 3.79. The number of hydrogen-bond acceptors (Lipinski definition) is 7. The molecule has 0 saturated carbocycles. The van der Waals surface area contributed by atoms with Crippen LogP contribution in [-0.2, 0) is 0 Å². The lowest BCUT2D eigenvalue weighted by molar-refractivity contribution is 0.922. The van der Waals surface area contributed by atoms with Crippen LogP contribution < -0.4 is 5.32 Å². The van der Waals surface area contributed by atoms with E-state index in [9.17, 15) is 0 Å². The van der Waals surface area contributed by atoms with Gasteiger partial charge in [-0.3, -0.25) is 0 Å². The highest BCUT2D eigenvalue weighted by molar-refractivity contribution is 8.01. The maximum atomic E-state index is 4.46. The van der Waals surface area contributed by atoms with Gasteiger partial charge in [-0.25, -0.2) is 9.97 Å². The van der Waals surface area contributed by atoms with Crippen molar-refractivity contribution in [3.05, 3.63) is 16.8 Å². The molecule has 0 aliphatic heterocycles. The van der Waals surface area contributed by atoms with Crippen LogP contribution in [0.4, 0.5) is 5.95 Å². The van der Waals surface area contributed by atoms with Gasteiger partial charge in [0.25, 0.3) is 0 Å². The fourth-order valence-corrected chi connectivity index (χ4v) is 3.14. The summed E-state index contributed by atoms with van der Waals surface area (Å²) in [6.07, 6.45) is 1.05. The molecule has 0 radical (unpaired) electrons. The first-order valence-corrected chi connectivity index (χ1v) is 7.38. The summed E-state index contributed by atoms with van der Waals surface area (Å²) in [5, 5.41) is 13.1. The Labute approximate surface area is 114 Å². The van der Waals surface area contributed by atoms with Gasteiger partial charge in [0.1, 0.15) is 10.0 Å². The van der Waals surface area contributed by atoms with E-state index in [-0.39, 0.29) is 0 Å². The van der Waals surface area contributed by atoms with Gasteiger partial charge >= 0.3 is 0 Å². The number of anilines is 1. The van der Waals surface area contributed by atoms with Crippen molar-refractivity contribution in [3.63, 3.8) is 0 Å². The molecule has 2 aromatic rings. The van der Waals surface area contributed by atoms with Crippen LogP contribution in [0, 0.1) is 13.8 Å². The molecule has 2 aromatic heterocycles. The second kappa shape index (κ2) is 6.10. The van der Waals surface area contributed by atoms with Crippen molar-refractivity contribution < 1.29 is 0 Å². The van der Waals surface area contributed by atoms with E-state index in [1.165, 1.54) is 11.8 Å². The van der Waals surface area contributed by atoms with Crippen LogP contribution in [0.25, 0.3) is 0 Å². The third kappa shape index (κ3) is 3.64. The number of aryl methyl sites for hydroxylation is 2. The number of rotatable bonds is 5. The Morgan fingerprint density at radius 3 is 2.78 bits per heavy atom. The minimum absolute atomic E-state index is 0.681. The Bertz CT molecular complexity index is 526. The average molecular weight is 281 g/mol. The molecule has 0 aliphatic rings. The highest BCUT2D eigenvalue weighted by Crippen LogP contribution is 2.29. The van der Waals surface area contributed by atoms with Gasteiger partial charge in [-0.05, 0) is 38.1 Å². The van der Waals surface area contributed by atoms with Gasteiger partial charge in [0, 0.05) is 12.2 Å². The van der Waals surface area contributed by atoms with E-state index in [0.29, 0.717) is 5.95 Å². The Morgan fingerprint density at radius 2 is 2.11 bits per heavy atom. The first-order chi connectivity index (χ1) is 8.67. The van der Waals surface area contributed by atoms with Crippen molar-refractivity contribution in [1.29, 1.82) is 0 Å². The van der Waals surface area contributed by atoms with Crippen LogP contribution in [0.2, 0.25) is 0 Å². The monoisotopic (exact) mass is 281 g/mol. The summed E-state index contributed by atoms with van der Waals surface area (Å²) in [5.74, 6) is 0.681. The first kappa shape index (κ1) is 13.2. The molecule has 0 fully saturated rings. The smallest absolute Gasteiger partial charge is 0.223 e. The van der Waals surface area contributed by atoms with Gasteiger partial charge in [0.05, 0.1) is 0 Å². The van der Waals surface area contributed by atoms with Gasteiger partial charge in [0.15, 0.2) is 4.34 Å². The Kier molecular flexibility index (Phi) is 4.48. The SMILES string of the molecule is CCCNc1nc(C)cc(Sc2nnc(C)s2)n1. The minimum atomic E-state index is 0.681. The van der Waals surface area contributed by atoms with Gasteiger partial charge in [-0.1, -0.05) is 18.3 Å². The normalized spacial score (nSPS) is 10.6. The summed E-state index contributed by atoms with van der Waals surface area (Å²) in [6, 6.07) is 1.96. The van der Waals surface area contributed by atoms with Crippen molar-refractivity contribution in [3.8, 4) is 0 Å². The fraction of sp³-hybridized carbons (Fsp3) is 0.455. The first-order valence-electron chi connectivity index (χ1n) is 5.75. The van der Waals surface area contributed by atoms with Gasteiger partial charge in [-0.15, -0.1) is 10.2 Å². The number of nitrogens with one attached hydrogen (secondary N) is 1. The third-order valence-electron chi connectivity index (χ3n) is 2.06. The molecule has 2 rings (SSSR count). The van der Waals surface area contributed by atoms with E-state index < -0.39 is 0 Å².